The fraction of sp³-hybridized carbons (Fsp3) is 0.278. The van der Waals surface area contributed by atoms with Gasteiger partial charge in [0, 0.05) is 12.3 Å². The van der Waals surface area contributed by atoms with Crippen molar-refractivity contribution in [3.63, 3.8) is 0 Å². The maximum absolute atomic E-state index is 11.5. The highest BCUT2D eigenvalue weighted by Gasteiger charge is 2.15. The molecule has 11 heteroatoms. The Hall–Kier alpha value is -2.96. The molecule has 0 unspecified atom stereocenters. The number of halogens is 1. The van der Waals surface area contributed by atoms with Crippen LogP contribution in [0.3, 0.4) is 0 Å². The van der Waals surface area contributed by atoms with Crippen LogP contribution in [0.5, 0.6) is 11.5 Å². The Kier molecular flexibility index (Phi) is 8.58. The lowest BCUT2D eigenvalue weighted by atomic mass is 10.2. The van der Waals surface area contributed by atoms with Crippen LogP contribution in [0.2, 0.25) is 0 Å². The number of hydrazone groups is 1. The molecular formula is C18H19IN4O6. The van der Waals surface area contributed by atoms with Crippen LogP contribution >= 0.6 is 22.6 Å². The monoisotopic (exact) mass is 514 g/mol. The number of nitrogens with zero attached hydrogens (tertiary/aromatic N) is 3. The maximum atomic E-state index is 11.5. The minimum atomic E-state index is -0.545. The number of nitro groups is 1. The fourth-order valence-electron chi connectivity index (χ4n) is 2.20. The Morgan fingerprint density at radius 1 is 1.34 bits per heavy atom. The first kappa shape index (κ1) is 22.3. The van der Waals surface area contributed by atoms with Gasteiger partial charge in [-0.15, -0.1) is 0 Å². The van der Waals surface area contributed by atoms with Crippen LogP contribution < -0.4 is 14.9 Å². The van der Waals surface area contributed by atoms with Gasteiger partial charge in [0.25, 0.3) is 0 Å². The summed E-state index contributed by atoms with van der Waals surface area (Å²) >= 11 is 2.06. The number of nitrogens with one attached hydrogen (secondary N) is 1. The first-order valence-corrected chi connectivity index (χ1v) is 9.67. The molecule has 0 saturated carbocycles. The molecule has 0 aliphatic heterocycles. The van der Waals surface area contributed by atoms with Crippen LogP contribution in [-0.2, 0) is 9.53 Å². The number of ether oxygens (including phenoxy) is 3. The van der Waals surface area contributed by atoms with Crippen LogP contribution in [-0.4, -0.2) is 41.9 Å². The summed E-state index contributed by atoms with van der Waals surface area (Å²) in [6.45, 7) is 3.97. The second-order valence-corrected chi connectivity index (χ2v) is 6.52. The van der Waals surface area contributed by atoms with Crippen molar-refractivity contribution in [1.29, 1.82) is 0 Å². The molecule has 0 bridgehead atoms. The molecule has 1 aromatic heterocycles. The smallest absolute Gasteiger partial charge is 0.344 e. The summed E-state index contributed by atoms with van der Waals surface area (Å²) in [5, 5.41) is 15.0. The zero-order valence-electron chi connectivity index (χ0n) is 15.8. The van der Waals surface area contributed by atoms with E-state index in [9.17, 15) is 14.9 Å². The van der Waals surface area contributed by atoms with Gasteiger partial charge in [-0.3, -0.25) is 15.5 Å². The van der Waals surface area contributed by atoms with Crippen LogP contribution in [0.15, 0.2) is 35.6 Å². The van der Waals surface area contributed by atoms with Crippen molar-refractivity contribution < 1.29 is 23.9 Å². The highest BCUT2D eigenvalue weighted by atomic mass is 127. The van der Waals surface area contributed by atoms with Crippen LogP contribution in [0.4, 0.5) is 11.5 Å². The lowest BCUT2D eigenvalue weighted by molar-refractivity contribution is -0.384. The molecule has 0 atom stereocenters. The third-order valence-corrected chi connectivity index (χ3v) is 4.14. The quantitative estimate of drug-likeness (QED) is 0.168. The van der Waals surface area contributed by atoms with Gasteiger partial charge >= 0.3 is 11.7 Å². The minimum absolute atomic E-state index is 0.0304. The van der Waals surface area contributed by atoms with Gasteiger partial charge < -0.3 is 14.2 Å². The molecule has 0 radical (unpaired) electrons. The van der Waals surface area contributed by atoms with E-state index < -0.39 is 10.9 Å². The van der Waals surface area contributed by atoms with Gasteiger partial charge in [0.15, 0.2) is 18.1 Å². The van der Waals surface area contributed by atoms with Crippen molar-refractivity contribution >= 4 is 46.3 Å². The van der Waals surface area contributed by atoms with Crippen LogP contribution in [0, 0.1) is 13.7 Å². The molecule has 10 nitrogen and oxygen atoms in total. The third kappa shape index (κ3) is 6.55. The van der Waals surface area contributed by atoms with E-state index in [0.29, 0.717) is 27.2 Å². The van der Waals surface area contributed by atoms with Crippen molar-refractivity contribution in [1.82, 2.24) is 4.98 Å². The summed E-state index contributed by atoms with van der Waals surface area (Å²) in [4.78, 5) is 25.9. The molecule has 0 fully saturated rings. The molecule has 1 heterocycles. The normalized spacial score (nSPS) is 10.6. The van der Waals surface area contributed by atoms with Crippen LogP contribution in [0.1, 0.15) is 19.4 Å². The molecule has 29 heavy (non-hydrogen) atoms. The first-order chi connectivity index (χ1) is 14.0. The molecule has 0 aliphatic rings. The molecule has 1 aromatic carbocycles. The molecular weight excluding hydrogens is 495 g/mol. The van der Waals surface area contributed by atoms with E-state index in [0.717, 1.165) is 0 Å². The predicted molar refractivity (Wildman–Crippen MR) is 115 cm³/mol. The molecule has 154 valence electrons. The van der Waals surface area contributed by atoms with E-state index in [-0.39, 0.29) is 24.7 Å². The number of hydrogen-bond donors (Lipinski definition) is 1. The summed E-state index contributed by atoms with van der Waals surface area (Å²) in [7, 11) is 0. The Morgan fingerprint density at radius 3 is 2.83 bits per heavy atom. The van der Waals surface area contributed by atoms with E-state index in [1.54, 1.807) is 19.1 Å². The van der Waals surface area contributed by atoms with E-state index in [1.165, 1.54) is 24.5 Å². The van der Waals surface area contributed by atoms with Crippen molar-refractivity contribution in [2.24, 2.45) is 5.10 Å². The molecule has 2 rings (SSSR count). The largest absolute Gasteiger partial charge is 0.490 e. The number of benzene rings is 1. The summed E-state index contributed by atoms with van der Waals surface area (Å²) in [5.41, 5.74) is 3.04. The maximum Gasteiger partial charge on any atom is 0.344 e. The van der Waals surface area contributed by atoms with Gasteiger partial charge in [-0.2, -0.15) is 5.10 Å². The number of pyridine rings is 1. The van der Waals surface area contributed by atoms with E-state index in [2.05, 4.69) is 38.1 Å². The molecule has 0 amide bonds. The zero-order valence-corrected chi connectivity index (χ0v) is 17.9. The Balaban J connectivity index is 2.18. The number of aromatic nitrogens is 1. The van der Waals surface area contributed by atoms with Gasteiger partial charge in [-0.1, -0.05) is 0 Å². The summed E-state index contributed by atoms with van der Waals surface area (Å²) in [5.74, 6) is 0.417. The third-order valence-electron chi connectivity index (χ3n) is 3.34. The minimum Gasteiger partial charge on any atom is -0.490 e. The summed E-state index contributed by atoms with van der Waals surface area (Å²) in [6.07, 6.45) is 2.90. The van der Waals surface area contributed by atoms with E-state index in [4.69, 9.17) is 14.2 Å². The number of rotatable bonds is 10. The molecule has 1 N–H and O–H groups in total. The second-order valence-electron chi connectivity index (χ2n) is 5.35. The lowest BCUT2D eigenvalue weighted by Gasteiger charge is -2.14. The van der Waals surface area contributed by atoms with E-state index in [1.807, 2.05) is 6.92 Å². The van der Waals surface area contributed by atoms with Crippen molar-refractivity contribution in [2.45, 2.75) is 13.8 Å². The number of anilines is 1. The highest BCUT2D eigenvalue weighted by Crippen LogP contribution is 2.34. The van der Waals surface area contributed by atoms with E-state index >= 15 is 0 Å². The van der Waals surface area contributed by atoms with Crippen molar-refractivity contribution in [3.05, 3.63) is 49.7 Å². The average Bonchev–Trinajstić information content (AvgIpc) is 2.68. The predicted octanol–water partition coefficient (Wildman–Crippen LogP) is 3.38. The Morgan fingerprint density at radius 2 is 2.14 bits per heavy atom. The number of esters is 1. The summed E-state index contributed by atoms with van der Waals surface area (Å²) in [6, 6.07) is 6.25. The number of carbonyl (C=O) groups excluding carboxylic acids is 1. The topological polar surface area (TPSA) is 125 Å². The number of carbonyl (C=O) groups is 1. The average molecular weight is 514 g/mol. The highest BCUT2D eigenvalue weighted by molar-refractivity contribution is 14.1. The molecule has 0 spiro atoms. The fourth-order valence-corrected chi connectivity index (χ4v) is 2.98. The standard InChI is InChI=1S/C18H19IN4O6/c1-3-27-15-9-12(8-13(19)17(15)29-11-16(24)28-4-2)10-21-22-18-14(23(25)26)6-5-7-20-18/h5-10H,3-4,11H2,1-2H3,(H,20,22)/b21-10-. The van der Waals surface area contributed by atoms with Gasteiger partial charge in [0.1, 0.15) is 0 Å². The summed E-state index contributed by atoms with van der Waals surface area (Å²) < 4.78 is 16.7. The van der Waals surface area contributed by atoms with Crippen molar-refractivity contribution in [2.75, 3.05) is 25.2 Å². The Bertz CT molecular complexity index is 906. The van der Waals surface area contributed by atoms with Gasteiger partial charge in [0.2, 0.25) is 5.82 Å². The lowest BCUT2D eigenvalue weighted by Crippen LogP contribution is -2.15. The molecule has 2 aromatic rings. The Labute approximate surface area is 180 Å². The zero-order chi connectivity index (χ0) is 21.2. The van der Waals surface area contributed by atoms with Gasteiger partial charge in [-0.05, 0) is 60.2 Å². The van der Waals surface area contributed by atoms with Gasteiger partial charge in [0.05, 0.1) is 27.9 Å². The van der Waals surface area contributed by atoms with Crippen LogP contribution in [0.25, 0.3) is 0 Å². The van der Waals surface area contributed by atoms with Gasteiger partial charge in [-0.25, -0.2) is 9.78 Å². The molecule has 0 aliphatic carbocycles. The molecule has 0 saturated heterocycles. The second kappa shape index (κ2) is 11.1. The number of hydrogen-bond acceptors (Lipinski definition) is 9. The van der Waals surface area contributed by atoms with Crippen molar-refractivity contribution in [3.8, 4) is 11.5 Å². The first-order valence-electron chi connectivity index (χ1n) is 8.59. The SMILES string of the molecule is CCOC(=O)COc1c(I)cc(/C=N\Nc2ncccc2[N+](=O)[O-])cc1OCC.